The SMILES string of the molecule is COc1ccc(CNS(=O)(=O)c2cc(Br)cnc2Cl)cc1. The van der Waals surface area contributed by atoms with E-state index in [0.29, 0.717) is 10.2 Å². The average Bonchev–Trinajstić information content (AvgIpc) is 2.48. The molecule has 1 N–H and O–H groups in total. The van der Waals surface area contributed by atoms with Gasteiger partial charge in [0.25, 0.3) is 0 Å². The van der Waals surface area contributed by atoms with E-state index in [9.17, 15) is 8.42 Å². The summed E-state index contributed by atoms with van der Waals surface area (Å²) >= 11 is 9.01. The van der Waals surface area contributed by atoms with Crippen LogP contribution in [-0.4, -0.2) is 20.5 Å². The number of aromatic nitrogens is 1. The van der Waals surface area contributed by atoms with Gasteiger partial charge in [0.1, 0.15) is 15.8 Å². The number of ether oxygens (including phenoxy) is 1. The Hall–Kier alpha value is -1.15. The summed E-state index contributed by atoms with van der Waals surface area (Å²) in [5.41, 5.74) is 0.804. The topological polar surface area (TPSA) is 68.3 Å². The lowest BCUT2D eigenvalue weighted by Crippen LogP contribution is -2.23. The second kappa shape index (κ2) is 6.74. The van der Waals surface area contributed by atoms with Crippen molar-refractivity contribution < 1.29 is 13.2 Å². The second-order valence-corrected chi connectivity index (χ2v) is 7.12. The molecule has 0 bridgehead atoms. The Labute approximate surface area is 136 Å². The number of pyridine rings is 1. The quantitative estimate of drug-likeness (QED) is 0.796. The molecule has 0 saturated heterocycles. The summed E-state index contributed by atoms with van der Waals surface area (Å²) in [6.45, 7) is 0.148. The lowest BCUT2D eigenvalue weighted by atomic mass is 10.2. The number of hydrogen-bond donors (Lipinski definition) is 1. The van der Waals surface area contributed by atoms with Crippen LogP contribution in [-0.2, 0) is 16.6 Å². The highest BCUT2D eigenvalue weighted by Gasteiger charge is 2.19. The van der Waals surface area contributed by atoms with E-state index in [4.69, 9.17) is 16.3 Å². The first-order chi connectivity index (χ1) is 9.92. The van der Waals surface area contributed by atoms with Crippen LogP contribution < -0.4 is 9.46 Å². The highest BCUT2D eigenvalue weighted by molar-refractivity contribution is 9.10. The molecular formula is C13H12BrClN2O3S. The third kappa shape index (κ3) is 4.16. The van der Waals surface area contributed by atoms with E-state index in [2.05, 4.69) is 25.6 Å². The van der Waals surface area contributed by atoms with Crippen molar-refractivity contribution in [3.05, 3.63) is 51.7 Å². The zero-order chi connectivity index (χ0) is 15.5. The van der Waals surface area contributed by atoms with Gasteiger partial charge in [-0.25, -0.2) is 18.1 Å². The van der Waals surface area contributed by atoms with Gasteiger partial charge in [-0.05, 0) is 39.7 Å². The lowest BCUT2D eigenvalue weighted by Gasteiger charge is -2.09. The van der Waals surface area contributed by atoms with Crippen LogP contribution in [0, 0.1) is 0 Å². The molecule has 1 aromatic carbocycles. The average molecular weight is 392 g/mol. The van der Waals surface area contributed by atoms with Crippen LogP contribution in [0.4, 0.5) is 0 Å². The Kier molecular flexibility index (Phi) is 5.21. The third-order valence-corrected chi connectivity index (χ3v) is 4.95. The molecule has 5 nitrogen and oxygen atoms in total. The van der Waals surface area contributed by atoms with E-state index in [1.807, 2.05) is 0 Å². The summed E-state index contributed by atoms with van der Waals surface area (Å²) in [6.07, 6.45) is 1.44. The van der Waals surface area contributed by atoms with Crippen molar-refractivity contribution in [1.29, 1.82) is 0 Å². The molecular weight excluding hydrogens is 380 g/mol. The fourth-order valence-corrected chi connectivity index (χ4v) is 3.55. The predicted molar refractivity (Wildman–Crippen MR) is 84.0 cm³/mol. The van der Waals surface area contributed by atoms with Crippen LogP contribution in [0.2, 0.25) is 5.15 Å². The van der Waals surface area contributed by atoms with Gasteiger partial charge in [0, 0.05) is 17.2 Å². The molecule has 112 valence electrons. The molecule has 1 aromatic heterocycles. The molecule has 0 saturated carbocycles. The van der Waals surface area contributed by atoms with Gasteiger partial charge < -0.3 is 4.74 Å². The highest BCUT2D eigenvalue weighted by atomic mass is 79.9. The molecule has 8 heteroatoms. The van der Waals surface area contributed by atoms with E-state index in [1.54, 1.807) is 31.4 Å². The Morgan fingerprint density at radius 1 is 1.33 bits per heavy atom. The van der Waals surface area contributed by atoms with Gasteiger partial charge >= 0.3 is 0 Å². The molecule has 0 radical (unpaired) electrons. The summed E-state index contributed by atoms with van der Waals surface area (Å²) in [7, 11) is -2.16. The number of benzene rings is 1. The second-order valence-electron chi connectivity index (χ2n) is 4.12. The minimum absolute atomic E-state index is 0.0629. The van der Waals surface area contributed by atoms with Crippen molar-refractivity contribution in [2.45, 2.75) is 11.4 Å². The standard InChI is InChI=1S/C13H12BrClN2O3S/c1-20-11-4-2-9(3-5-11)7-17-21(18,19)12-6-10(14)8-16-13(12)15/h2-6,8,17H,7H2,1H3. The lowest BCUT2D eigenvalue weighted by molar-refractivity contribution is 0.414. The van der Waals surface area contributed by atoms with Crippen LogP contribution in [0.3, 0.4) is 0 Å². The van der Waals surface area contributed by atoms with Crippen molar-refractivity contribution >= 4 is 37.6 Å². The maximum absolute atomic E-state index is 12.2. The van der Waals surface area contributed by atoms with E-state index < -0.39 is 10.0 Å². The summed E-state index contributed by atoms with van der Waals surface area (Å²) in [5.74, 6) is 0.709. The molecule has 1 heterocycles. The number of nitrogens with zero attached hydrogens (tertiary/aromatic N) is 1. The molecule has 0 atom stereocenters. The van der Waals surface area contributed by atoms with Gasteiger partial charge in [-0.2, -0.15) is 0 Å². The Morgan fingerprint density at radius 2 is 2.00 bits per heavy atom. The number of rotatable bonds is 5. The van der Waals surface area contributed by atoms with Gasteiger partial charge in [0.2, 0.25) is 10.0 Å². The molecule has 0 aliphatic carbocycles. The zero-order valence-corrected chi connectivity index (χ0v) is 14.2. The number of hydrogen-bond acceptors (Lipinski definition) is 4. The van der Waals surface area contributed by atoms with Crippen molar-refractivity contribution in [1.82, 2.24) is 9.71 Å². The Balaban J connectivity index is 2.15. The van der Waals surface area contributed by atoms with Crippen molar-refractivity contribution in [2.75, 3.05) is 7.11 Å². The minimum atomic E-state index is -3.73. The monoisotopic (exact) mass is 390 g/mol. The molecule has 0 aliphatic rings. The van der Waals surface area contributed by atoms with Gasteiger partial charge in [-0.1, -0.05) is 23.7 Å². The molecule has 0 amide bonds. The number of halogens is 2. The zero-order valence-electron chi connectivity index (χ0n) is 11.0. The van der Waals surface area contributed by atoms with Gasteiger partial charge in [-0.3, -0.25) is 0 Å². The van der Waals surface area contributed by atoms with Crippen molar-refractivity contribution in [2.24, 2.45) is 0 Å². The summed E-state index contributed by atoms with van der Waals surface area (Å²) in [5, 5.41) is -0.0690. The van der Waals surface area contributed by atoms with E-state index in [-0.39, 0.29) is 16.6 Å². The molecule has 21 heavy (non-hydrogen) atoms. The van der Waals surface area contributed by atoms with Gasteiger partial charge in [-0.15, -0.1) is 0 Å². The van der Waals surface area contributed by atoms with Crippen molar-refractivity contribution in [3.63, 3.8) is 0 Å². The molecule has 2 aromatic rings. The van der Waals surface area contributed by atoms with Crippen LogP contribution in [0.5, 0.6) is 5.75 Å². The predicted octanol–water partition coefficient (Wildman–Crippen LogP) is 2.98. The van der Waals surface area contributed by atoms with Gasteiger partial charge in [0.05, 0.1) is 7.11 Å². The number of nitrogens with one attached hydrogen (secondary N) is 1. The molecule has 0 aliphatic heterocycles. The van der Waals surface area contributed by atoms with Crippen LogP contribution in [0.25, 0.3) is 0 Å². The smallest absolute Gasteiger partial charge is 0.243 e. The van der Waals surface area contributed by atoms with Crippen LogP contribution in [0.1, 0.15) is 5.56 Å². The minimum Gasteiger partial charge on any atom is -0.497 e. The molecule has 0 unspecified atom stereocenters. The van der Waals surface area contributed by atoms with E-state index >= 15 is 0 Å². The summed E-state index contributed by atoms with van der Waals surface area (Å²) in [4.78, 5) is 3.74. The Bertz CT molecular complexity index is 736. The van der Waals surface area contributed by atoms with Gasteiger partial charge in [0.15, 0.2) is 0 Å². The highest BCUT2D eigenvalue weighted by Crippen LogP contribution is 2.22. The Morgan fingerprint density at radius 3 is 2.62 bits per heavy atom. The van der Waals surface area contributed by atoms with E-state index in [0.717, 1.165) is 5.56 Å². The maximum atomic E-state index is 12.2. The number of sulfonamides is 1. The largest absolute Gasteiger partial charge is 0.497 e. The summed E-state index contributed by atoms with van der Waals surface area (Å²) < 4.78 is 32.5. The fourth-order valence-electron chi connectivity index (χ4n) is 1.59. The molecule has 2 rings (SSSR count). The normalized spacial score (nSPS) is 11.4. The number of methoxy groups -OCH3 is 1. The fraction of sp³-hybridized carbons (Fsp3) is 0.154. The van der Waals surface area contributed by atoms with E-state index in [1.165, 1.54) is 12.3 Å². The van der Waals surface area contributed by atoms with Crippen LogP contribution in [0.15, 0.2) is 45.9 Å². The third-order valence-electron chi connectivity index (χ3n) is 2.69. The molecule has 0 spiro atoms. The summed E-state index contributed by atoms with van der Waals surface area (Å²) in [6, 6.07) is 8.49. The first-order valence-corrected chi connectivity index (χ1v) is 8.51. The van der Waals surface area contributed by atoms with Crippen LogP contribution >= 0.6 is 27.5 Å². The first-order valence-electron chi connectivity index (χ1n) is 5.86. The first kappa shape index (κ1) is 16.2. The van der Waals surface area contributed by atoms with Crippen molar-refractivity contribution in [3.8, 4) is 5.75 Å². The maximum Gasteiger partial charge on any atom is 0.243 e. The molecule has 0 fully saturated rings.